The zero-order valence-electron chi connectivity index (χ0n) is 9.23. The fourth-order valence-electron chi connectivity index (χ4n) is 2.08. The number of halogens is 1. The van der Waals surface area contributed by atoms with Gasteiger partial charge in [-0.3, -0.25) is 4.98 Å². The molecule has 16 heavy (non-hydrogen) atoms. The standard InChI is InChI=1S/C12H17BrN2O/c13-10-4-9(6-15-7-10)8-16-12-3-1-2-11(14)5-12/h4,6-7,11-12H,1-3,5,8,14H2. The average molecular weight is 285 g/mol. The molecular formula is C12H17BrN2O. The lowest BCUT2D eigenvalue weighted by molar-refractivity contribution is 0.0121. The van der Waals surface area contributed by atoms with E-state index in [2.05, 4.69) is 20.9 Å². The van der Waals surface area contributed by atoms with Crippen molar-refractivity contribution in [3.8, 4) is 0 Å². The van der Waals surface area contributed by atoms with Crippen LogP contribution in [-0.2, 0) is 11.3 Å². The lowest BCUT2D eigenvalue weighted by Crippen LogP contribution is -2.32. The SMILES string of the molecule is NC1CCCC(OCc2cncc(Br)c2)C1. The number of pyridine rings is 1. The first-order chi connectivity index (χ1) is 7.74. The summed E-state index contributed by atoms with van der Waals surface area (Å²) in [7, 11) is 0. The molecule has 1 aromatic rings. The Morgan fingerprint density at radius 1 is 1.44 bits per heavy atom. The molecule has 0 saturated heterocycles. The number of nitrogens with zero attached hydrogens (tertiary/aromatic N) is 1. The van der Waals surface area contributed by atoms with Crippen molar-refractivity contribution in [3.63, 3.8) is 0 Å². The second-order valence-corrected chi connectivity index (χ2v) is 5.29. The van der Waals surface area contributed by atoms with Gasteiger partial charge in [0.15, 0.2) is 0 Å². The molecule has 4 heteroatoms. The smallest absolute Gasteiger partial charge is 0.0735 e. The molecule has 3 nitrogen and oxygen atoms in total. The van der Waals surface area contributed by atoms with Crippen LogP contribution in [-0.4, -0.2) is 17.1 Å². The van der Waals surface area contributed by atoms with Crippen LogP contribution in [0.2, 0.25) is 0 Å². The Kier molecular flexibility index (Phi) is 4.32. The van der Waals surface area contributed by atoms with Crippen LogP contribution < -0.4 is 5.73 Å². The minimum atomic E-state index is 0.319. The molecular weight excluding hydrogens is 268 g/mol. The summed E-state index contributed by atoms with van der Waals surface area (Å²) in [5.41, 5.74) is 7.02. The number of hydrogen-bond acceptors (Lipinski definition) is 3. The Labute approximate surface area is 105 Å². The van der Waals surface area contributed by atoms with Gasteiger partial charge in [-0.2, -0.15) is 0 Å². The topological polar surface area (TPSA) is 48.1 Å². The van der Waals surface area contributed by atoms with Crippen molar-refractivity contribution in [1.82, 2.24) is 4.98 Å². The number of hydrogen-bond donors (Lipinski definition) is 1. The van der Waals surface area contributed by atoms with Crippen LogP contribution >= 0.6 is 15.9 Å². The fourth-order valence-corrected chi connectivity index (χ4v) is 2.49. The van der Waals surface area contributed by atoms with Gasteiger partial charge >= 0.3 is 0 Å². The van der Waals surface area contributed by atoms with Gasteiger partial charge in [-0.15, -0.1) is 0 Å². The third-order valence-electron chi connectivity index (χ3n) is 2.91. The van der Waals surface area contributed by atoms with E-state index in [0.29, 0.717) is 18.8 Å². The number of nitrogens with two attached hydrogens (primary N) is 1. The molecule has 0 aromatic carbocycles. The van der Waals surface area contributed by atoms with E-state index in [4.69, 9.17) is 10.5 Å². The van der Waals surface area contributed by atoms with Crippen molar-refractivity contribution in [2.45, 2.75) is 44.4 Å². The second-order valence-electron chi connectivity index (χ2n) is 4.37. The van der Waals surface area contributed by atoms with E-state index < -0.39 is 0 Å². The molecule has 2 atom stereocenters. The molecule has 1 aliphatic carbocycles. The molecule has 0 aliphatic heterocycles. The van der Waals surface area contributed by atoms with Crippen LogP contribution in [0.4, 0.5) is 0 Å². The van der Waals surface area contributed by atoms with Crippen molar-refractivity contribution in [2.24, 2.45) is 5.73 Å². The Morgan fingerprint density at radius 2 is 2.31 bits per heavy atom. The van der Waals surface area contributed by atoms with Crippen LogP contribution in [0.25, 0.3) is 0 Å². The van der Waals surface area contributed by atoms with Gasteiger partial charge in [0.1, 0.15) is 0 Å². The molecule has 0 radical (unpaired) electrons. The summed E-state index contributed by atoms with van der Waals surface area (Å²) in [6.45, 7) is 0.629. The summed E-state index contributed by atoms with van der Waals surface area (Å²) in [6, 6.07) is 2.36. The summed E-state index contributed by atoms with van der Waals surface area (Å²) in [6.07, 6.45) is 8.38. The molecule has 2 N–H and O–H groups in total. The molecule has 1 aliphatic rings. The van der Waals surface area contributed by atoms with Crippen molar-refractivity contribution in [1.29, 1.82) is 0 Å². The van der Waals surface area contributed by atoms with Crippen LogP contribution in [0.5, 0.6) is 0 Å². The fraction of sp³-hybridized carbons (Fsp3) is 0.583. The lowest BCUT2D eigenvalue weighted by Gasteiger charge is -2.26. The van der Waals surface area contributed by atoms with Gasteiger partial charge in [0.05, 0.1) is 12.7 Å². The summed E-state index contributed by atoms with van der Waals surface area (Å²) in [5, 5.41) is 0. The molecule has 0 spiro atoms. The minimum Gasteiger partial charge on any atom is -0.373 e. The van der Waals surface area contributed by atoms with E-state index in [1.807, 2.05) is 12.3 Å². The van der Waals surface area contributed by atoms with Gasteiger partial charge in [-0.05, 0) is 53.2 Å². The molecule has 2 rings (SSSR count). The van der Waals surface area contributed by atoms with E-state index in [1.165, 1.54) is 6.42 Å². The summed E-state index contributed by atoms with van der Waals surface area (Å²) in [4.78, 5) is 4.11. The molecule has 1 heterocycles. The average Bonchev–Trinajstić information content (AvgIpc) is 2.27. The Morgan fingerprint density at radius 3 is 3.06 bits per heavy atom. The normalized spacial score (nSPS) is 25.6. The maximum absolute atomic E-state index is 5.92. The summed E-state index contributed by atoms with van der Waals surface area (Å²) < 4.78 is 6.85. The highest BCUT2D eigenvalue weighted by Gasteiger charge is 2.19. The van der Waals surface area contributed by atoms with Gasteiger partial charge in [0, 0.05) is 22.9 Å². The number of aromatic nitrogens is 1. The highest BCUT2D eigenvalue weighted by atomic mass is 79.9. The first kappa shape index (κ1) is 12.0. The Bertz CT molecular complexity index is 346. The van der Waals surface area contributed by atoms with E-state index >= 15 is 0 Å². The summed E-state index contributed by atoms with van der Waals surface area (Å²) in [5.74, 6) is 0. The van der Waals surface area contributed by atoms with Gasteiger partial charge in [-0.1, -0.05) is 0 Å². The van der Waals surface area contributed by atoms with Gasteiger partial charge in [0.25, 0.3) is 0 Å². The predicted octanol–water partition coefficient (Wildman–Crippen LogP) is 2.63. The van der Waals surface area contributed by atoms with E-state index in [1.54, 1.807) is 6.20 Å². The largest absolute Gasteiger partial charge is 0.373 e. The number of ether oxygens (including phenoxy) is 1. The third kappa shape index (κ3) is 3.54. The highest BCUT2D eigenvalue weighted by Crippen LogP contribution is 2.21. The molecule has 1 aromatic heterocycles. The zero-order chi connectivity index (χ0) is 11.4. The summed E-state index contributed by atoms with van der Waals surface area (Å²) >= 11 is 3.40. The number of rotatable bonds is 3. The van der Waals surface area contributed by atoms with Crippen LogP contribution in [0.15, 0.2) is 22.9 Å². The quantitative estimate of drug-likeness (QED) is 0.928. The van der Waals surface area contributed by atoms with Gasteiger partial charge in [-0.25, -0.2) is 0 Å². The lowest BCUT2D eigenvalue weighted by atomic mass is 9.93. The predicted molar refractivity (Wildman–Crippen MR) is 67.0 cm³/mol. The molecule has 2 unspecified atom stereocenters. The molecule has 1 fully saturated rings. The van der Waals surface area contributed by atoms with Crippen LogP contribution in [0.3, 0.4) is 0 Å². The van der Waals surface area contributed by atoms with Crippen LogP contribution in [0.1, 0.15) is 31.2 Å². The maximum atomic E-state index is 5.92. The monoisotopic (exact) mass is 284 g/mol. The molecule has 0 bridgehead atoms. The maximum Gasteiger partial charge on any atom is 0.0735 e. The first-order valence-corrected chi connectivity index (χ1v) is 6.50. The van der Waals surface area contributed by atoms with Crippen molar-refractivity contribution < 1.29 is 4.74 Å². The van der Waals surface area contributed by atoms with Crippen molar-refractivity contribution in [3.05, 3.63) is 28.5 Å². The molecule has 88 valence electrons. The van der Waals surface area contributed by atoms with Crippen LogP contribution in [0, 0.1) is 0 Å². The van der Waals surface area contributed by atoms with Crippen molar-refractivity contribution in [2.75, 3.05) is 0 Å². The first-order valence-electron chi connectivity index (χ1n) is 5.70. The molecule has 1 saturated carbocycles. The van der Waals surface area contributed by atoms with E-state index in [0.717, 1.165) is 29.3 Å². The Hall–Kier alpha value is -0.450. The van der Waals surface area contributed by atoms with Gasteiger partial charge < -0.3 is 10.5 Å². The Balaban J connectivity index is 1.82. The van der Waals surface area contributed by atoms with E-state index in [-0.39, 0.29) is 0 Å². The van der Waals surface area contributed by atoms with E-state index in [9.17, 15) is 0 Å². The zero-order valence-corrected chi connectivity index (χ0v) is 10.8. The van der Waals surface area contributed by atoms with Gasteiger partial charge in [0.2, 0.25) is 0 Å². The van der Waals surface area contributed by atoms with Crippen molar-refractivity contribution >= 4 is 15.9 Å². The highest BCUT2D eigenvalue weighted by molar-refractivity contribution is 9.10. The second kappa shape index (κ2) is 5.75. The minimum absolute atomic E-state index is 0.319. The third-order valence-corrected chi connectivity index (χ3v) is 3.35. The molecule has 0 amide bonds.